The number of aromatic nitrogens is 4. The summed E-state index contributed by atoms with van der Waals surface area (Å²) < 4.78 is 42.0. The van der Waals surface area contributed by atoms with E-state index >= 15 is 0 Å². The van der Waals surface area contributed by atoms with E-state index in [4.69, 9.17) is 11.6 Å². The van der Waals surface area contributed by atoms with Crippen LogP contribution in [0, 0.1) is 0 Å². The summed E-state index contributed by atoms with van der Waals surface area (Å²) >= 11 is 7.52. The van der Waals surface area contributed by atoms with Crippen LogP contribution in [0.5, 0.6) is 0 Å². The first-order valence-electron chi connectivity index (χ1n) is 7.49. The lowest BCUT2D eigenvalue weighted by atomic mass is 9.85. The minimum atomic E-state index is -4.62. The summed E-state index contributed by atoms with van der Waals surface area (Å²) in [6.45, 7) is 1.58. The van der Waals surface area contributed by atoms with E-state index in [1.54, 1.807) is 20.2 Å². The second kappa shape index (κ2) is 6.43. The van der Waals surface area contributed by atoms with Gasteiger partial charge < -0.3 is 5.11 Å². The maximum absolute atomic E-state index is 13.5. The van der Waals surface area contributed by atoms with Gasteiger partial charge in [0, 0.05) is 12.6 Å². The average Bonchev–Trinajstić information content (AvgIpc) is 3.07. The van der Waals surface area contributed by atoms with Crippen molar-refractivity contribution in [1.82, 2.24) is 20.2 Å². The largest absolute Gasteiger partial charge is 0.416 e. The average molecular weight is 406 g/mol. The summed E-state index contributed by atoms with van der Waals surface area (Å²) in [5.74, 6) is 0.217. The number of anilines is 1. The van der Waals surface area contributed by atoms with Crippen molar-refractivity contribution in [3.8, 4) is 0 Å². The summed E-state index contributed by atoms with van der Waals surface area (Å²) in [4.78, 5) is 1.63. The van der Waals surface area contributed by atoms with Gasteiger partial charge in [0.05, 0.1) is 16.5 Å². The number of hydrogen-bond acceptors (Lipinski definition) is 6. The molecule has 1 aliphatic rings. The maximum Gasteiger partial charge on any atom is 0.416 e. The monoisotopic (exact) mass is 405 g/mol. The molecule has 0 aliphatic carbocycles. The highest BCUT2D eigenvalue weighted by atomic mass is 35.5. The Morgan fingerprint density at radius 1 is 1.31 bits per heavy atom. The summed E-state index contributed by atoms with van der Waals surface area (Å²) in [6.07, 6.45) is -2.98. The van der Waals surface area contributed by atoms with E-state index in [9.17, 15) is 18.3 Å². The Hall–Kier alpha value is -1.78. The molecule has 2 atom stereocenters. The number of tetrazole rings is 1. The Kier molecular flexibility index (Phi) is 4.70. The number of aryl methyl sites for hydroxylation is 1. The lowest BCUT2D eigenvalue weighted by molar-refractivity contribution is -0.140. The van der Waals surface area contributed by atoms with E-state index in [2.05, 4.69) is 15.5 Å². The van der Waals surface area contributed by atoms with E-state index in [0.29, 0.717) is 0 Å². The van der Waals surface area contributed by atoms with E-state index in [1.807, 2.05) is 0 Å². The first kappa shape index (κ1) is 19.0. The molecule has 26 heavy (non-hydrogen) atoms. The van der Waals surface area contributed by atoms with Crippen molar-refractivity contribution >= 4 is 29.3 Å². The number of nitrogens with zero attached hydrogens (tertiary/aromatic N) is 5. The molecule has 1 N–H and O–H groups in total. The van der Waals surface area contributed by atoms with E-state index in [-0.39, 0.29) is 21.6 Å². The van der Waals surface area contributed by atoms with Gasteiger partial charge in [0.15, 0.2) is 0 Å². The zero-order valence-electron chi connectivity index (χ0n) is 14.0. The molecule has 1 aromatic heterocycles. The van der Waals surface area contributed by atoms with Crippen LogP contribution in [-0.4, -0.2) is 37.6 Å². The van der Waals surface area contributed by atoms with Crippen LogP contribution >= 0.6 is 23.4 Å². The van der Waals surface area contributed by atoms with Crippen molar-refractivity contribution in [1.29, 1.82) is 0 Å². The van der Waals surface area contributed by atoms with Gasteiger partial charge in [-0.25, -0.2) is 4.68 Å². The second-order valence-corrected chi connectivity index (χ2v) is 6.96. The summed E-state index contributed by atoms with van der Waals surface area (Å²) in [5.41, 5.74) is -3.15. The normalized spacial score (nSPS) is 23.8. The van der Waals surface area contributed by atoms with Crippen molar-refractivity contribution in [3.63, 3.8) is 0 Å². The van der Waals surface area contributed by atoms with E-state index < -0.39 is 23.4 Å². The second-order valence-electron chi connectivity index (χ2n) is 5.78. The fourth-order valence-corrected chi connectivity index (χ4v) is 4.61. The summed E-state index contributed by atoms with van der Waals surface area (Å²) in [6, 6.07) is 4.07. The van der Waals surface area contributed by atoms with Crippen LogP contribution in [0.25, 0.3) is 0 Å². The predicted molar refractivity (Wildman–Crippen MR) is 92.5 cm³/mol. The first-order chi connectivity index (χ1) is 12.1. The van der Waals surface area contributed by atoms with Gasteiger partial charge in [0.2, 0.25) is 0 Å². The number of alkyl halides is 3. The van der Waals surface area contributed by atoms with Crippen molar-refractivity contribution in [2.75, 3.05) is 11.2 Å². The van der Waals surface area contributed by atoms with Crippen molar-refractivity contribution in [2.24, 2.45) is 7.05 Å². The molecule has 2 unspecified atom stereocenters. The molecular formula is C15H15ClF3N5OS. The Bertz CT molecular complexity index is 871. The minimum absolute atomic E-state index is 0.0855. The van der Waals surface area contributed by atoms with Gasteiger partial charge in [-0.15, -0.1) is 11.8 Å². The van der Waals surface area contributed by atoms with Crippen LogP contribution in [0.4, 0.5) is 19.1 Å². The topological polar surface area (TPSA) is 67.1 Å². The molecule has 0 saturated carbocycles. The third-order valence-electron chi connectivity index (χ3n) is 4.40. The SMILES string of the molecule is CSC1=C(Cl)N(c2nnnn2C)C(C)C1(O)c1ccccc1C(F)(F)F. The number of aliphatic hydroxyl groups is 1. The Balaban J connectivity index is 2.24. The van der Waals surface area contributed by atoms with Gasteiger partial charge in [0.1, 0.15) is 10.8 Å². The Morgan fingerprint density at radius 2 is 1.96 bits per heavy atom. The molecular weight excluding hydrogens is 391 g/mol. The molecule has 0 saturated heterocycles. The van der Waals surface area contributed by atoms with Crippen LogP contribution in [0.2, 0.25) is 0 Å². The number of halogens is 4. The lowest BCUT2D eigenvalue weighted by Gasteiger charge is -2.35. The molecule has 6 nitrogen and oxygen atoms in total. The highest BCUT2D eigenvalue weighted by Crippen LogP contribution is 2.53. The van der Waals surface area contributed by atoms with Gasteiger partial charge in [0.25, 0.3) is 5.95 Å². The minimum Gasteiger partial charge on any atom is -0.378 e. The van der Waals surface area contributed by atoms with Gasteiger partial charge in [-0.1, -0.05) is 34.9 Å². The highest BCUT2D eigenvalue weighted by Gasteiger charge is 2.54. The fourth-order valence-electron chi connectivity index (χ4n) is 3.15. The molecule has 0 bridgehead atoms. The molecule has 11 heteroatoms. The van der Waals surface area contributed by atoms with Crippen molar-refractivity contribution in [3.05, 3.63) is 45.5 Å². The third-order valence-corrected chi connectivity index (χ3v) is 5.79. The first-order valence-corrected chi connectivity index (χ1v) is 9.09. The molecule has 2 aromatic rings. The molecule has 1 aliphatic heterocycles. The molecule has 0 amide bonds. The maximum atomic E-state index is 13.5. The number of benzene rings is 1. The van der Waals surface area contributed by atoms with Crippen LogP contribution < -0.4 is 4.90 Å². The predicted octanol–water partition coefficient (Wildman–Crippen LogP) is 3.10. The quantitative estimate of drug-likeness (QED) is 0.791. The molecule has 0 fully saturated rings. The zero-order chi connectivity index (χ0) is 19.3. The summed E-state index contributed by atoms with van der Waals surface area (Å²) in [5, 5.41) is 22.7. The molecule has 1 aromatic carbocycles. The molecule has 2 heterocycles. The van der Waals surface area contributed by atoms with Gasteiger partial charge >= 0.3 is 6.18 Å². The lowest BCUT2D eigenvalue weighted by Crippen LogP contribution is -2.44. The highest BCUT2D eigenvalue weighted by molar-refractivity contribution is 8.02. The molecule has 0 radical (unpaired) electrons. The molecule has 0 spiro atoms. The van der Waals surface area contributed by atoms with Gasteiger partial charge in [-0.3, -0.25) is 4.90 Å². The fraction of sp³-hybridized carbons (Fsp3) is 0.400. The van der Waals surface area contributed by atoms with E-state index in [0.717, 1.165) is 17.8 Å². The zero-order valence-corrected chi connectivity index (χ0v) is 15.6. The van der Waals surface area contributed by atoms with Crippen LogP contribution in [-0.2, 0) is 18.8 Å². The Morgan fingerprint density at radius 3 is 2.50 bits per heavy atom. The van der Waals surface area contributed by atoms with Gasteiger partial charge in [-0.05, 0) is 29.7 Å². The molecule has 140 valence electrons. The van der Waals surface area contributed by atoms with Gasteiger partial charge in [-0.2, -0.15) is 13.2 Å². The summed E-state index contributed by atoms with van der Waals surface area (Å²) in [7, 11) is 1.58. The van der Waals surface area contributed by atoms with Crippen molar-refractivity contribution in [2.45, 2.75) is 24.7 Å². The van der Waals surface area contributed by atoms with Crippen LogP contribution in [0.15, 0.2) is 34.3 Å². The standard InChI is InChI=1S/C15H15ClF3N5OS/c1-8-14(25,9-6-4-5-7-10(9)15(17,18)19)11(26-3)12(16)24(8)13-20-21-22-23(13)2/h4-8,25H,1-3H3. The number of hydrogen-bond donors (Lipinski definition) is 1. The Labute approximate surface area is 156 Å². The number of rotatable bonds is 3. The smallest absolute Gasteiger partial charge is 0.378 e. The molecule has 3 rings (SSSR count). The van der Waals surface area contributed by atoms with Crippen molar-refractivity contribution < 1.29 is 18.3 Å². The third kappa shape index (κ3) is 2.67. The van der Waals surface area contributed by atoms with Crippen LogP contribution in [0.1, 0.15) is 18.1 Å². The van der Waals surface area contributed by atoms with E-state index in [1.165, 1.54) is 27.8 Å². The number of thioether (sulfide) groups is 1. The van der Waals surface area contributed by atoms with Crippen LogP contribution in [0.3, 0.4) is 0 Å².